The maximum absolute atomic E-state index is 11.6. The van der Waals surface area contributed by atoms with E-state index >= 15 is 0 Å². The van der Waals surface area contributed by atoms with Crippen molar-refractivity contribution in [3.05, 3.63) is 29.3 Å². The Morgan fingerprint density at radius 3 is 2.81 bits per heavy atom. The first kappa shape index (κ1) is 11.0. The summed E-state index contributed by atoms with van der Waals surface area (Å²) in [6, 6.07) is 5.24. The first-order chi connectivity index (χ1) is 7.56. The number of anilines is 1. The summed E-state index contributed by atoms with van der Waals surface area (Å²) >= 11 is 0. The Bertz CT molecular complexity index is 424. The number of rotatable bonds is 3. The smallest absolute Gasteiger partial charge is 0.340 e. The highest BCUT2D eigenvalue weighted by Crippen LogP contribution is 2.39. The summed E-state index contributed by atoms with van der Waals surface area (Å²) < 4.78 is 4.69. The minimum Gasteiger partial charge on any atom is -0.465 e. The Labute approximate surface area is 94.0 Å². The zero-order chi connectivity index (χ0) is 11.8. The third-order valence-electron chi connectivity index (χ3n) is 2.92. The molecule has 0 heterocycles. The number of hydrogen-bond acceptors (Lipinski definition) is 4. The number of esters is 1. The van der Waals surface area contributed by atoms with Gasteiger partial charge in [-0.3, -0.25) is 0 Å². The number of benzene rings is 1. The first-order valence-corrected chi connectivity index (χ1v) is 5.24. The summed E-state index contributed by atoms with van der Waals surface area (Å²) in [4.78, 5) is 11.6. The lowest BCUT2D eigenvalue weighted by Gasteiger charge is -2.13. The van der Waals surface area contributed by atoms with Crippen LogP contribution in [0.5, 0.6) is 0 Å². The molecule has 0 bridgehead atoms. The van der Waals surface area contributed by atoms with E-state index in [1.807, 2.05) is 0 Å². The molecule has 86 valence electrons. The predicted molar refractivity (Wildman–Crippen MR) is 60.1 cm³/mol. The van der Waals surface area contributed by atoms with E-state index in [2.05, 4.69) is 0 Å². The lowest BCUT2D eigenvalue weighted by atomic mass is 9.99. The van der Waals surface area contributed by atoms with Gasteiger partial charge >= 0.3 is 5.97 Å². The number of nitrogen functional groups attached to an aromatic ring is 1. The van der Waals surface area contributed by atoms with Crippen molar-refractivity contribution in [2.45, 2.75) is 24.9 Å². The normalized spacial score (nSPS) is 16.9. The number of aliphatic hydroxyl groups is 1. The molecule has 0 saturated heterocycles. The topological polar surface area (TPSA) is 72.5 Å². The number of carbonyl (C=O) groups excluding carboxylic acids is 1. The fourth-order valence-corrected chi connectivity index (χ4v) is 1.79. The lowest BCUT2D eigenvalue weighted by Crippen LogP contribution is -2.16. The molecule has 0 radical (unpaired) electrons. The number of nitrogens with two attached hydrogens (primary N) is 1. The van der Waals surface area contributed by atoms with Gasteiger partial charge in [0.25, 0.3) is 0 Å². The van der Waals surface area contributed by atoms with Gasteiger partial charge < -0.3 is 15.6 Å². The van der Waals surface area contributed by atoms with Gasteiger partial charge in [0.1, 0.15) is 0 Å². The Morgan fingerprint density at radius 2 is 2.25 bits per heavy atom. The molecule has 0 atom stereocenters. The molecule has 0 unspecified atom stereocenters. The molecule has 1 aromatic rings. The first-order valence-electron chi connectivity index (χ1n) is 5.24. The third kappa shape index (κ3) is 2.02. The Hall–Kier alpha value is -1.55. The second-order valence-electron chi connectivity index (χ2n) is 4.27. The molecular weight excluding hydrogens is 206 g/mol. The summed E-state index contributed by atoms with van der Waals surface area (Å²) in [6.07, 6.45) is 2.02. The van der Waals surface area contributed by atoms with Crippen LogP contribution in [0.15, 0.2) is 18.2 Å². The molecule has 0 amide bonds. The van der Waals surface area contributed by atoms with Crippen LogP contribution in [0.2, 0.25) is 0 Å². The molecule has 3 N–H and O–H groups in total. The molecule has 0 spiro atoms. The van der Waals surface area contributed by atoms with Crippen molar-refractivity contribution in [2.24, 2.45) is 0 Å². The SMILES string of the molecule is COC(=O)c1c(N)cccc1CC1(O)CC1. The van der Waals surface area contributed by atoms with Gasteiger partial charge in [-0.25, -0.2) is 4.79 Å². The van der Waals surface area contributed by atoms with E-state index in [9.17, 15) is 9.90 Å². The molecule has 2 rings (SSSR count). The van der Waals surface area contributed by atoms with E-state index < -0.39 is 11.6 Å². The van der Waals surface area contributed by atoms with E-state index in [1.54, 1.807) is 18.2 Å². The fourth-order valence-electron chi connectivity index (χ4n) is 1.79. The lowest BCUT2D eigenvalue weighted by molar-refractivity contribution is 0.0599. The molecule has 4 nitrogen and oxygen atoms in total. The minimum atomic E-state index is -0.642. The van der Waals surface area contributed by atoms with Crippen molar-refractivity contribution in [3.8, 4) is 0 Å². The fraction of sp³-hybridized carbons (Fsp3) is 0.417. The highest BCUT2D eigenvalue weighted by Gasteiger charge is 2.41. The molecule has 4 heteroatoms. The van der Waals surface area contributed by atoms with Crippen molar-refractivity contribution in [2.75, 3.05) is 12.8 Å². The van der Waals surface area contributed by atoms with Crippen LogP contribution >= 0.6 is 0 Å². The van der Waals surface area contributed by atoms with Crippen molar-refractivity contribution in [1.82, 2.24) is 0 Å². The molecule has 0 aliphatic heterocycles. The molecular formula is C12H15NO3. The van der Waals surface area contributed by atoms with Crippen LogP contribution in [0.4, 0.5) is 5.69 Å². The summed E-state index contributed by atoms with van der Waals surface area (Å²) in [5, 5.41) is 9.86. The van der Waals surface area contributed by atoms with E-state index in [1.165, 1.54) is 7.11 Å². The quantitative estimate of drug-likeness (QED) is 0.592. The van der Waals surface area contributed by atoms with Gasteiger partial charge in [0, 0.05) is 12.1 Å². The van der Waals surface area contributed by atoms with Crippen LogP contribution in [-0.4, -0.2) is 23.8 Å². The van der Waals surface area contributed by atoms with Crippen LogP contribution in [-0.2, 0) is 11.2 Å². The molecule has 1 aliphatic carbocycles. The van der Waals surface area contributed by atoms with Gasteiger partial charge in [0.15, 0.2) is 0 Å². The number of hydrogen-bond donors (Lipinski definition) is 2. The summed E-state index contributed by atoms with van der Waals surface area (Å²) in [5.74, 6) is -0.447. The second kappa shape index (κ2) is 3.79. The maximum atomic E-state index is 11.6. The highest BCUT2D eigenvalue weighted by molar-refractivity contribution is 5.96. The van der Waals surface area contributed by atoms with Crippen molar-refractivity contribution >= 4 is 11.7 Å². The van der Waals surface area contributed by atoms with Crippen LogP contribution in [0.1, 0.15) is 28.8 Å². The molecule has 16 heavy (non-hydrogen) atoms. The van der Waals surface area contributed by atoms with Crippen molar-refractivity contribution in [3.63, 3.8) is 0 Å². The van der Waals surface area contributed by atoms with Gasteiger partial charge in [-0.2, -0.15) is 0 Å². The number of methoxy groups -OCH3 is 1. The molecule has 1 saturated carbocycles. The average molecular weight is 221 g/mol. The van der Waals surface area contributed by atoms with Crippen LogP contribution in [0.3, 0.4) is 0 Å². The second-order valence-corrected chi connectivity index (χ2v) is 4.27. The molecule has 1 fully saturated rings. The predicted octanol–water partition coefficient (Wildman–Crippen LogP) is 1.12. The van der Waals surface area contributed by atoms with E-state index in [4.69, 9.17) is 10.5 Å². The summed E-state index contributed by atoms with van der Waals surface area (Å²) in [6.45, 7) is 0. The van der Waals surface area contributed by atoms with Crippen LogP contribution < -0.4 is 5.73 Å². The largest absolute Gasteiger partial charge is 0.465 e. The Balaban J connectivity index is 2.35. The standard InChI is InChI=1S/C12H15NO3/c1-16-11(14)10-8(3-2-4-9(10)13)7-12(15)5-6-12/h2-4,15H,5-7,13H2,1H3. The maximum Gasteiger partial charge on any atom is 0.340 e. The zero-order valence-corrected chi connectivity index (χ0v) is 9.19. The van der Waals surface area contributed by atoms with Crippen molar-refractivity contribution < 1.29 is 14.6 Å². The summed E-state index contributed by atoms with van der Waals surface area (Å²) in [7, 11) is 1.32. The molecule has 0 aromatic heterocycles. The average Bonchev–Trinajstić information content (AvgIpc) is 2.95. The molecule has 1 aliphatic rings. The van der Waals surface area contributed by atoms with Gasteiger partial charge in [-0.15, -0.1) is 0 Å². The van der Waals surface area contributed by atoms with Gasteiger partial charge in [0.05, 0.1) is 18.3 Å². The van der Waals surface area contributed by atoms with Gasteiger partial charge in [-0.1, -0.05) is 12.1 Å². The summed E-state index contributed by atoms with van der Waals surface area (Å²) in [5.41, 5.74) is 6.65. The van der Waals surface area contributed by atoms with E-state index in [0.717, 1.165) is 18.4 Å². The highest BCUT2D eigenvalue weighted by atomic mass is 16.5. The van der Waals surface area contributed by atoms with Crippen LogP contribution in [0, 0.1) is 0 Å². The van der Waals surface area contributed by atoms with Gasteiger partial charge in [-0.05, 0) is 24.5 Å². The Morgan fingerprint density at radius 1 is 1.56 bits per heavy atom. The Kier molecular flexibility index (Phi) is 2.59. The van der Waals surface area contributed by atoms with Gasteiger partial charge in [0.2, 0.25) is 0 Å². The van der Waals surface area contributed by atoms with Crippen LogP contribution in [0.25, 0.3) is 0 Å². The number of ether oxygens (including phenoxy) is 1. The number of carbonyl (C=O) groups is 1. The minimum absolute atomic E-state index is 0.380. The third-order valence-corrected chi connectivity index (χ3v) is 2.92. The van der Waals surface area contributed by atoms with E-state index in [0.29, 0.717) is 17.7 Å². The zero-order valence-electron chi connectivity index (χ0n) is 9.19. The van der Waals surface area contributed by atoms with E-state index in [-0.39, 0.29) is 0 Å². The molecule has 1 aromatic carbocycles. The van der Waals surface area contributed by atoms with Crippen molar-refractivity contribution in [1.29, 1.82) is 0 Å². The monoisotopic (exact) mass is 221 g/mol.